The van der Waals surface area contributed by atoms with Crippen LogP contribution in [0, 0.1) is 0 Å². The first-order chi connectivity index (χ1) is 15.5. The van der Waals surface area contributed by atoms with Gasteiger partial charge in [0.1, 0.15) is 0 Å². The molecular formula is C24H31NO5S2. The molecule has 8 heteroatoms. The van der Waals surface area contributed by atoms with Gasteiger partial charge in [0.15, 0.2) is 6.10 Å². The molecule has 0 amide bonds. The van der Waals surface area contributed by atoms with Gasteiger partial charge in [0.25, 0.3) is 0 Å². The number of aliphatic carboxylic acids is 2. The zero-order valence-corrected chi connectivity index (χ0v) is 19.7. The molecular weight excluding hydrogens is 446 g/mol. The number of aliphatic hydroxyl groups excluding tert-OH is 1. The topological polar surface area (TPSA) is 108 Å². The first-order valence-corrected chi connectivity index (χ1v) is 12.9. The number of benzene rings is 1. The van der Waals surface area contributed by atoms with Gasteiger partial charge < -0.3 is 15.3 Å². The minimum atomic E-state index is -1.65. The molecule has 0 bridgehead atoms. The average molecular weight is 478 g/mol. The van der Waals surface area contributed by atoms with E-state index in [1.807, 2.05) is 12.1 Å². The van der Waals surface area contributed by atoms with Crippen LogP contribution in [0.1, 0.15) is 55.0 Å². The number of aromatic nitrogens is 1. The molecule has 3 N–H and O–H groups in total. The summed E-state index contributed by atoms with van der Waals surface area (Å²) in [5.74, 6) is -1.21. The van der Waals surface area contributed by atoms with Gasteiger partial charge in [-0.1, -0.05) is 49.6 Å². The van der Waals surface area contributed by atoms with E-state index in [1.165, 1.54) is 24.8 Å². The van der Waals surface area contributed by atoms with Gasteiger partial charge in [-0.2, -0.15) is 0 Å². The zero-order valence-electron chi connectivity index (χ0n) is 18.1. The lowest BCUT2D eigenvalue weighted by atomic mass is 10.1. The van der Waals surface area contributed by atoms with Crippen molar-refractivity contribution in [3.8, 4) is 0 Å². The number of carboxylic acids is 2. The molecule has 0 radical (unpaired) electrons. The molecule has 1 heterocycles. The van der Waals surface area contributed by atoms with Crippen molar-refractivity contribution in [3.05, 3.63) is 59.9 Å². The molecule has 0 aliphatic heterocycles. The Kier molecular flexibility index (Phi) is 12.2. The predicted molar refractivity (Wildman–Crippen MR) is 129 cm³/mol. The highest BCUT2D eigenvalue weighted by Gasteiger charge is 2.30. The Morgan fingerprint density at radius 1 is 0.906 bits per heavy atom. The molecule has 0 aliphatic carbocycles. The van der Waals surface area contributed by atoms with Crippen LogP contribution < -0.4 is 0 Å². The molecule has 174 valence electrons. The van der Waals surface area contributed by atoms with Crippen molar-refractivity contribution < 1.29 is 24.9 Å². The molecule has 6 nitrogen and oxygen atoms in total. The Morgan fingerprint density at radius 2 is 1.62 bits per heavy atom. The van der Waals surface area contributed by atoms with Crippen LogP contribution >= 0.6 is 23.5 Å². The first-order valence-electron chi connectivity index (χ1n) is 10.8. The Hall–Kier alpha value is -2.03. The molecule has 0 spiro atoms. The van der Waals surface area contributed by atoms with E-state index in [0.29, 0.717) is 5.69 Å². The Bertz CT molecular complexity index is 834. The van der Waals surface area contributed by atoms with Crippen LogP contribution in [0.5, 0.6) is 0 Å². The smallest absolute Gasteiger partial charge is 0.334 e. The van der Waals surface area contributed by atoms with E-state index in [9.17, 15) is 19.8 Å². The largest absolute Gasteiger partial charge is 0.481 e. The summed E-state index contributed by atoms with van der Waals surface area (Å²) in [6.45, 7) is 0. The highest BCUT2D eigenvalue weighted by molar-refractivity contribution is 8.00. The van der Waals surface area contributed by atoms with Crippen molar-refractivity contribution >= 4 is 35.5 Å². The molecule has 2 aromatic rings. The van der Waals surface area contributed by atoms with Gasteiger partial charge in [-0.25, -0.2) is 4.79 Å². The van der Waals surface area contributed by atoms with Crippen LogP contribution in [0.4, 0.5) is 0 Å². The normalized spacial score (nSPS) is 12.9. The van der Waals surface area contributed by atoms with E-state index >= 15 is 0 Å². The highest BCUT2D eigenvalue weighted by Crippen LogP contribution is 2.37. The molecule has 2 rings (SSSR count). The predicted octanol–water partition coefficient (Wildman–Crippen LogP) is 5.06. The molecule has 0 aliphatic rings. The standard InChI is InChI=1S/C24H31NO5S2/c26-20(27)14-17-32-23(22(28)24(29)30)21-19(13-9-15-25-21)31-16-8-3-1-2-5-10-18-11-6-4-7-12-18/h4,6-7,9,11-13,15,22-23,28H,1-3,5,8,10,14,16-17H2,(H,26,27)(H,29,30). The maximum atomic E-state index is 11.4. The summed E-state index contributed by atoms with van der Waals surface area (Å²) in [6, 6.07) is 14.2. The fraction of sp³-hybridized carbons (Fsp3) is 0.458. The Labute approximate surface area is 197 Å². The van der Waals surface area contributed by atoms with Crippen LogP contribution in [-0.4, -0.2) is 49.9 Å². The second-order valence-electron chi connectivity index (χ2n) is 7.46. The third kappa shape index (κ3) is 9.63. The van der Waals surface area contributed by atoms with E-state index < -0.39 is 23.3 Å². The van der Waals surface area contributed by atoms with E-state index in [-0.39, 0.29) is 12.2 Å². The molecule has 2 atom stereocenters. The maximum Gasteiger partial charge on any atom is 0.334 e. The number of hydrogen-bond acceptors (Lipinski definition) is 6. The summed E-state index contributed by atoms with van der Waals surface area (Å²) in [4.78, 5) is 27.4. The number of carboxylic acid groups (broad SMARTS) is 2. The lowest BCUT2D eigenvalue weighted by Gasteiger charge is -2.21. The third-order valence-corrected chi connectivity index (χ3v) is 7.36. The Morgan fingerprint density at radius 3 is 2.34 bits per heavy atom. The van der Waals surface area contributed by atoms with Gasteiger partial charge in [-0.15, -0.1) is 23.5 Å². The van der Waals surface area contributed by atoms with E-state index in [4.69, 9.17) is 5.11 Å². The van der Waals surface area contributed by atoms with E-state index in [2.05, 4.69) is 29.2 Å². The van der Waals surface area contributed by atoms with Crippen molar-refractivity contribution in [1.82, 2.24) is 4.98 Å². The third-order valence-electron chi connectivity index (χ3n) is 4.93. The van der Waals surface area contributed by atoms with Gasteiger partial charge in [0, 0.05) is 16.8 Å². The number of carbonyl (C=O) groups is 2. The summed E-state index contributed by atoms with van der Waals surface area (Å²) in [6.07, 6.45) is 6.68. The summed E-state index contributed by atoms with van der Waals surface area (Å²) < 4.78 is 0. The fourth-order valence-corrected chi connectivity index (χ4v) is 5.59. The zero-order chi connectivity index (χ0) is 23.2. The minimum absolute atomic E-state index is 0.104. The van der Waals surface area contributed by atoms with Crippen molar-refractivity contribution in [2.75, 3.05) is 11.5 Å². The number of unbranched alkanes of at least 4 members (excludes halogenated alkanes) is 4. The summed E-state index contributed by atoms with van der Waals surface area (Å²) in [7, 11) is 0. The van der Waals surface area contributed by atoms with Gasteiger partial charge in [-0.3, -0.25) is 9.78 Å². The maximum absolute atomic E-state index is 11.4. The van der Waals surface area contributed by atoms with Crippen molar-refractivity contribution in [2.45, 2.75) is 61.2 Å². The van der Waals surface area contributed by atoms with E-state index in [0.717, 1.165) is 41.7 Å². The molecule has 1 aromatic carbocycles. The summed E-state index contributed by atoms with van der Waals surface area (Å²) >= 11 is 2.73. The average Bonchev–Trinajstić information content (AvgIpc) is 2.79. The number of aliphatic hydroxyl groups is 1. The van der Waals surface area contributed by atoms with Gasteiger partial charge in [0.2, 0.25) is 0 Å². The number of thioether (sulfide) groups is 2. The second-order valence-corrected chi connectivity index (χ2v) is 9.84. The Balaban J connectivity index is 1.80. The number of nitrogens with zero attached hydrogens (tertiary/aromatic N) is 1. The summed E-state index contributed by atoms with van der Waals surface area (Å²) in [5, 5.41) is 27.5. The van der Waals surface area contributed by atoms with Crippen LogP contribution in [0.15, 0.2) is 53.6 Å². The van der Waals surface area contributed by atoms with Crippen molar-refractivity contribution in [1.29, 1.82) is 0 Å². The van der Waals surface area contributed by atoms with Crippen molar-refractivity contribution in [3.63, 3.8) is 0 Å². The van der Waals surface area contributed by atoms with Gasteiger partial charge in [0.05, 0.1) is 17.4 Å². The lowest BCUT2D eigenvalue weighted by molar-refractivity contribution is -0.146. The van der Waals surface area contributed by atoms with E-state index in [1.54, 1.807) is 24.0 Å². The fourth-order valence-electron chi connectivity index (χ4n) is 3.25. The van der Waals surface area contributed by atoms with Crippen molar-refractivity contribution in [2.24, 2.45) is 0 Å². The van der Waals surface area contributed by atoms with Crippen LogP contribution in [0.2, 0.25) is 0 Å². The van der Waals surface area contributed by atoms with Gasteiger partial charge in [-0.05, 0) is 42.7 Å². The minimum Gasteiger partial charge on any atom is -0.481 e. The quantitative estimate of drug-likeness (QED) is 0.227. The molecule has 0 saturated heterocycles. The number of rotatable bonds is 16. The second kappa shape index (κ2) is 14.9. The summed E-state index contributed by atoms with van der Waals surface area (Å²) in [5.41, 5.74) is 1.89. The molecule has 32 heavy (non-hydrogen) atoms. The van der Waals surface area contributed by atoms with Gasteiger partial charge >= 0.3 is 11.9 Å². The monoisotopic (exact) mass is 477 g/mol. The van der Waals surface area contributed by atoms with Crippen LogP contribution in [-0.2, 0) is 16.0 Å². The van der Waals surface area contributed by atoms with Crippen LogP contribution in [0.3, 0.4) is 0 Å². The number of aryl methyl sites for hydroxylation is 1. The molecule has 2 unspecified atom stereocenters. The highest BCUT2D eigenvalue weighted by atomic mass is 32.2. The first kappa shape index (κ1) is 26.2. The van der Waals surface area contributed by atoms with Crippen LogP contribution in [0.25, 0.3) is 0 Å². The number of hydrogen-bond donors (Lipinski definition) is 3. The SMILES string of the molecule is O=C(O)CCSC(c1ncccc1SCCCCCCCc1ccccc1)C(O)C(=O)O. The molecule has 1 aromatic heterocycles. The lowest BCUT2D eigenvalue weighted by Crippen LogP contribution is -2.27. The number of pyridine rings is 1. The molecule has 0 fully saturated rings. The molecule has 0 saturated carbocycles.